The van der Waals surface area contributed by atoms with Crippen LogP contribution in [0.25, 0.3) is 0 Å². The zero-order valence-electron chi connectivity index (χ0n) is 12.9. The van der Waals surface area contributed by atoms with Gasteiger partial charge in [0.05, 0.1) is 24.0 Å². The Bertz CT molecular complexity index is 758. The molecule has 0 radical (unpaired) electrons. The highest BCUT2D eigenvalue weighted by molar-refractivity contribution is 5.58. The van der Waals surface area contributed by atoms with Gasteiger partial charge in [0.25, 0.3) is 0 Å². The maximum atomic E-state index is 13.9. The predicted octanol–water partition coefficient (Wildman–Crippen LogP) is 3.68. The molecule has 26 heavy (non-hydrogen) atoms. The molecule has 2 aromatic rings. The summed E-state index contributed by atoms with van der Waals surface area (Å²) in [7, 11) is 0. The van der Waals surface area contributed by atoms with Crippen molar-refractivity contribution in [3.05, 3.63) is 53.3 Å². The van der Waals surface area contributed by atoms with Gasteiger partial charge in [-0.3, -0.25) is 0 Å². The number of halogens is 6. The molecule has 0 amide bonds. The molecule has 0 aliphatic heterocycles. The van der Waals surface area contributed by atoms with Crippen LogP contribution in [0.5, 0.6) is 11.5 Å². The SMILES string of the molecule is OCC(O)CNc1cc(F)ccc1Oc1c(F)cc(C(F)(F)F)cc1F. The maximum absolute atomic E-state index is 13.9. The van der Waals surface area contributed by atoms with Gasteiger partial charge < -0.3 is 20.3 Å². The molecule has 0 aliphatic carbocycles. The summed E-state index contributed by atoms with van der Waals surface area (Å²) in [5.41, 5.74) is -1.65. The third-order valence-electron chi connectivity index (χ3n) is 3.22. The fraction of sp³-hybridized carbons (Fsp3) is 0.250. The van der Waals surface area contributed by atoms with E-state index >= 15 is 0 Å². The van der Waals surface area contributed by atoms with E-state index in [0.717, 1.165) is 18.2 Å². The normalized spacial score (nSPS) is 12.8. The lowest BCUT2D eigenvalue weighted by Crippen LogP contribution is -2.23. The molecule has 1 atom stereocenters. The second-order valence-corrected chi connectivity index (χ2v) is 5.23. The molecule has 2 rings (SSSR count). The number of alkyl halides is 3. The predicted molar refractivity (Wildman–Crippen MR) is 79.4 cm³/mol. The first kappa shape index (κ1) is 19.9. The summed E-state index contributed by atoms with van der Waals surface area (Å²) >= 11 is 0. The zero-order chi connectivity index (χ0) is 19.5. The lowest BCUT2D eigenvalue weighted by Gasteiger charge is -2.16. The highest BCUT2D eigenvalue weighted by Crippen LogP contribution is 2.37. The van der Waals surface area contributed by atoms with Crippen LogP contribution in [0.3, 0.4) is 0 Å². The van der Waals surface area contributed by atoms with E-state index in [4.69, 9.17) is 9.84 Å². The van der Waals surface area contributed by atoms with Gasteiger partial charge in [-0.25, -0.2) is 13.2 Å². The van der Waals surface area contributed by atoms with Crippen LogP contribution in [0.1, 0.15) is 5.56 Å². The Labute approximate surface area is 143 Å². The van der Waals surface area contributed by atoms with E-state index in [-0.39, 0.29) is 30.1 Å². The second kappa shape index (κ2) is 7.83. The molecule has 0 aromatic heterocycles. The molecule has 0 bridgehead atoms. The molecule has 2 aromatic carbocycles. The van der Waals surface area contributed by atoms with Crippen LogP contribution in [0.15, 0.2) is 30.3 Å². The van der Waals surface area contributed by atoms with Gasteiger partial charge in [0.1, 0.15) is 5.82 Å². The third kappa shape index (κ3) is 4.79. The summed E-state index contributed by atoms with van der Waals surface area (Å²) in [5.74, 6) is -5.33. The van der Waals surface area contributed by atoms with E-state index in [1.165, 1.54) is 0 Å². The van der Waals surface area contributed by atoms with Crippen molar-refractivity contribution in [3.63, 3.8) is 0 Å². The van der Waals surface area contributed by atoms with Crippen LogP contribution in [-0.4, -0.2) is 29.5 Å². The summed E-state index contributed by atoms with van der Waals surface area (Å²) in [6.45, 7) is -0.838. The third-order valence-corrected chi connectivity index (χ3v) is 3.22. The van der Waals surface area contributed by atoms with Crippen LogP contribution in [0, 0.1) is 17.5 Å². The maximum Gasteiger partial charge on any atom is 0.416 e. The summed E-state index contributed by atoms with van der Waals surface area (Å²) in [5, 5.41) is 20.5. The molecule has 1 unspecified atom stereocenters. The topological polar surface area (TPSA) is 61.7 Å². The van der Waals surface area contributed by atoms with Gasteiger partial charge in [-0.05, 0) is 24.3 Å². The van der Waals surface area contributed by atoms with Gasteiger partial charge in [0.2, 0.25) is 0 Å². The molecule has 0 aliphatic rings. The number of benzene rings is 2. The van der Waals surface area contributed by atoms with Crippen molar-refractivity contribution < 1.29 is 41.3 Å². The number of ether oxygens (including phenoxy) is 1. The summed E-state index contributed by atoms with van der Waals surface area (Å²) in [4.78, 5) is 0. The monoisotopic (exact) mass is 381 g/mol. The summed E-state index contributed by atoms with van der Waals surface area (Å²) < 4.78 is 83.7. The Morgan fingerprint density at radius 3 is 2.19 bits per heavy atom. The molecule has 4 nitrogen and oxygen atoms in total. The van der Waals surface area contributed by atoms with Crippen LogP contribution >= 0.6 is 0 Å². The Morgan fingerprint density at radius 2 is 1.65 bits per heavy atom. The van der Waals surface area contributed by atoms with Crippen LogP contribution in [0.4, 0.5) is 32.0 Å². The first-order valence-corrected chi connectivity index (χ1v) is 7.18. The van der Waals surface area contributed by atoms with Crippen molar-refractivity contribution >= 4 is 5.69 Å². The zero-order valence-corrected chi connectivity index (χ0v) is 12.9. The molecular formula is C16H13F6NO3. The lowest BCUT2D eigenvalue weighted by atomic mass is 10.2. The minimum absolute atomic E-state index is 0.0740. The van der Waals surface area contributed by atoms with Crippen LogP contribution < -0.4 is 10.1 Å². The number of hydrogen-bond donors (Lipinski definition) is 3. The molecular weight excluding hydrogens is 368 g/mol. The lowest BCUT2D eigenvalue weighted by molar-refractivity contribution is -0.138. The van der Waals surface area contributed by atoms with Gasteiger partial charge in [-0.1, -0.05) is 0 Å². The van der Waals surface area contributed by atoms with Crippen molar-refractivity contribution in [2.24, 2.45) is 0 Å². The van der Waals surface area contributed by atoms with Crippen molar-refractivity contribution in [1.29, 1.82) is 0 Å². The Hall–Kier alpha value is -2.46. The number of hydrogen-bond acceptors (Lipinski definition) is 4. The average molecular weight is 381 g/mol. The van der Waals surface area contributed by atoms with Gasteiger partial charge >= 0.3 is 6.18 Å². The van der Waals surface area contributed by atoms with Crippen LogP contribution in [0.2, 0.25) is 0 Å². The first-order valence-electron chi connectivity index (χ1n) is 7.18. The number of nitrogens with one attached hydrogen (secondary N) is 1. The van der Waals surface area contributed by atoms with Gasteiger partial charge in [0.15, 0.2) is 23.1 Å². The Balaban J connectivity index is 2.34. The number of rotatable bonds is 6. The molecule has 10 heteroatoms. The van der Waals surface area contributed by atoms with Crippen molar-refractivity contribution in [2.75, 3.05) is 18.5 Å². The number of anilines is 1. The minimum Gasteiger partial charge on any atom is -0.449 e. The molecule has 0 saturated carbocycles. The molecule has 0 saturated heterocycles. The fourth-order valence-electron chi connectivity index (χ4n) is 1.95. The van der Waals surface area contributed by atoms with Gasteiger partial charge in [0, 0.05) is 12.6 Å². The molecule has 0 spiro atoms. The smallest absolute Gasteiger partial charge is 0.416 e. The fourth-order valence-corrected chi connectivity index (χ4v) is 1.95. The van der Waals surface area contributed by atoms with Crippen molar-refractivity contribution in [3.8, 4) is 11.5 Å². The van der Waals surface area contributed by atoms with E-state index < -0.39 is 47.7 Å². The highest BCUT2D eigenvalue weighted by atomic mass is 19.4. The van der Waals surface area contributed by atoms with E-state index in [9.17, 15) is 31.4 Å². The largest absolute Gasteiger partial charge is 0.449 e. The quantitative estimate of drug-likeness (QED) is 0.668. The van der Waals surface area contributed by atoms with Crippen LogP contribution in [-0.2, 0) is 6.18 Å². The van der Waals surface area contributed by atoms with E-state index in [2.05, 4.69) is 5.32 Å². The average Bonchev–Trinajstić information content (AvgIpc) is 2.56. The first-order chi connectivity index (χ1) is 12.1. The van der Waals surface area contributed by atoms with E-state index in [0.29, 0.717) is 0 Å². The Kier molecular flexibility index (Phi) is 5.98. The summed E-state index contributed by atoms with van der Waals surface area (Å²) in [6.07, 6.45) is -6.14. The molecule has 142 valence electrons. The highest BCUT2D eigenvalue weighted by Gasteiger charge is 2.33. The standard InChI is InChI=1S/C16H13F6NO3/c17-9-1-2-14(13(5-9)23-6-10(25)7-24)26-15-11(18)3-8(4-12(15)19)16(20,21)22/h1-5,10,23-25H,6-7H2. The summed E-state index contributed by atoms with van der Waals surface area (Å²) in [6, 6.07) is 2.94. The van der Waals surface area contributed by atoms with Gasteiger partial charge in [-0.15, -0.1) is 0 Å². The Morgan fingerprint density at radius 1 is 1.04 bits per heavy atom. The second-order valence-electron chi connectivity index (χ2n) is 5.23. The number of aliphatic hydroxyl groups is 2. The van der Waals surface area contributed by atoms with Gasteiger partial charge in [-0.2, -0.15) is 13.2 Å². The van der Waals surface area contributed by atoms with Crippen molar-refractivity contribution in [1.82, 2.24) is 0 Å². The molecule has 0 fully saturated rings. The van der Waals surface area contributed by atoms with E-state index in [1.54, 1.807) is 0 Å². The number of aliphatic hydroxyl groups excluding tert-OH is 2. The minimum atomic E-state index is -4.94. The van der Waals surface area contributed by atoms with Crippen molar-refractivity contribution in [2.45, 2.75) is 12.3 Å². The molecule has 0 heterocycles. The molecule has 3 N–H and O–H groups in total. The van der Waals surface area contributed by atoms with E-state index in [1.807, 2.05) is 0 Å².